The molecule has 10 aromatic rings. The average molecular weight is 654 g/mol. The zero-order valence-corrected chi connectivity index (χ0v) is 27.6. The Balaban J connectivity index is 1.28. The number of aromatic nitrogens is 2. The number of oxazole rings is 1. The molecule has 51 heavy (non-hydrogen) atoms. The summed E-state index contributed by atoms with van der Waals surface area (Å²) in [5.41, 5.74) is 11.5. The maximum atomic E-state index is 6.42. The van der Waals surface area contributed by atoms with E-state index in [1.54, 1.807) is 0 Å². The van der Waals surface area contributed by atoms with E-state index in [9.17, 15) is 0 Å². The van der Waals surface area contributed by atoms with Crippen LogP contribution in [0.5, 0.6) is 0 Å². The Morgan fingerprint density at radius 1 is 0.451 bits per heavy atom. The van der Waals surface area contributed by atoms with Crippen molar-refractivity contribution in [1.82, 2.24) is 9.55 Å². The maximum absolute atomic E-state index is 6.42. The van der Waals surface area contributed by atoms with Crippen LogP contribution in [-0.2, 0) is 0 Å². The zero-order chi connectivity index (χ0) is 33.7. The first-order valence-corrected chi connectivity index (χ1v) is 17.2. The summed E-state index contributed by atoms with van der Waals surface area (Å²) in [7, 11) is 0. The fourth-order valence-electron chi connectivity index (χ4n) is 7.52. The summed E-state index contributed by atoms with van der Waals surface area (Å²) in [6.45, 7) is 0. The summed E-state index contributed by atoms with van der Waals surface area (Å²) in [6.07, 6.45) is 0. The zero-order valence-electron chi connectivity index (χ0n) is 27.6. The van der Waals surface area contributed by atoms with E-state index in [2.05, 4.69) is 161 Å². The molecule has 0 N–H and O–H groups in total. The molecule has 0 radical (unpaired) electrons. The number of hydrogen-bond acceptors (Lipinski definition) is 3. The quantitative estimate of drug-likeness (QED) is 0.179. The number of nitrogens with zero attached hydrogens (tertiary/aromatic N) is 3. The van der Waals surface area contributed by atoms with E-state index >= 15 is 0 Å². The van der Waals surface area contributed by atoms with Gasteiger partial charge in [0.15, 0.2) is 5.58 Å². The van der Waals surface area contributed by atoms with Crippen molar-refractivity contribution in [1.29, 1.82) is 0 Å². The van der Waals surface area contributed by atoms with E-state index < -0.39 is 0 Å². The third kappa shape index (κ3) is 4.80. The van der Waals surface area contributed by atoms with E-state index in [1.807, 2.05) is 36.4 Å². The van der Waals surface area contributed by atoms with Crippen molar-refractivity contribution in [2.24, 2.45) is 0 Å². The standard InChI is InChI=1S/C47H31N3O/c1-4-14-32(15-5-1)33-26-29-37(30-27-33)50(40-23-12-18-34-28-31-43-46(44(34)40)48-47(51-43)35-16-6-2-7-17-35)42-25-13-24-41-45(42)38-21-10-11-22-39(38)49(41)36-19-8-3-9-20-36/h1-31H. The molecule has 0 fully saturated rings. The molecule has 2 heterocycles. The molecular formula is C47H31N3O. The predicted octanol–water partition coefficient (Wildman–Crippen LogP) is 12.9. The minimum Gasteiger partial charge on any atom is -0.436 e. The third-order valence-corrected chi connectivity index (χ3v) is 9.80. The minimum absolute atomic E-state index is 0.611. The minimum atomic E-state index is 0.611. The van der Waals surface area contributed by atoms with Crippen molar-refractivity contribution < 1.29 is 4.42 Å². The molecule has 10 rings (SSSR count). The van der Waals surface area contributed by atoms with Gasteiger partial charge in [0.2, 0.25) is 5.89 Å². The normalized spacial score (nSPS) is 11.5. The Morgan fingerprint density at radius 3 is 1.82 bits per heavy atom. The molecule has 0 atom stereocenters. The Morgan fingerprint density at radius 2 is 1.06 bits per heavy atom. The van der Waals surface area contributed by atoms with Gasteiger partial charge in [0.1, 0.15) is 5.52 Å². The average Bonchev–Trinajstić information content (AvgIpc) is 3.80. The molecule has 0 aliphatic rings. The highest BCUT2D eigenvalue weighted by molar-refractivity contribution is 6.19. The molecule has 0 spiro atoms. The highest BCUT2D eigenvalue weighted by Gasteiger charge is 2.24. The van der Waals surface area contributed by atoms with Gasteiger partial charge in [-0.3, -0.25) is 0 Å². The maximum Gasteiger partial charge on any atom is 0.227 e. The second kappa shape index (κ2) is 11.9. The number of rotatable bonds is 6. The number of fused-ring (bicyclic) bond motifs is 6. The lowest BCUT2D eigenvalue weighted by molar-refractivity contribution is 0.620. The highest BCUT2D eigenvalue weighted by atomic mass is 16.3. The topological polar surface area (TPSA) is 34.2 Å². The molecule has 0 unspecified atom stereocenters. The first-order valence-electron chi connectivity index (χ1n) is 17.2. The highest BCUT2D eigenvalue weighted by Crippen LogP contribution is 2.47. The van der Waals surface area contributed by atoms with Gasteiger partial charge >= 0.3 is 0 Å². The van der Waals surface area contributed by atoms with Crippen molar-refractivity contribution in [2.75, 3.05) is 4.90 Å². The molecule has 4 nitrogen and oxygen atoms in total. The van der Waals surface area contributed by atoms with Gasteiger partial charge in [-0.15, -0.1) is 0 Å². The van der Waals surface area contributed by atoms with Crippen LogP contribution in [0.3, 0.4) is 0 Å². The van der Waals surface area contributed by atoms with Gasteiger partial charge in [-0.25, -0.2) is 4.98 Å². The van der Waals surface area contributed by atoms with Gasteiger partial charge in [-0.05, 0) is 83.2 Å². The molecule has 0 saturated heterocycles. The number of anilines is 3. The summed E-state index contributed by atoms with van der Waals surface area (Å²) < 4.78 is 8.79. The van der Waals surface area contributed by atoms with Gasteiger partial charge in [0, 0.05) is 33.1 Å². The summed E-state index contributed by atoms with van der Waals surface area (Å²) in [4.78, 5) is 7.55. The molecule has 8 aromatic carbocycles. The summed E-state index contributed by atoms with van der Waals surface area (Å²) in [5.74, 6) is 0.611. The third-order valence-electron chi connectivity index (χ3n) is 9.80. The van der Waals surface area contributed by atoms with Crippen molar-refractivity contribution in [3.63, 3.8) is 0 Å². The van der Waals surface area contributed by atoms with Crippen molar-refractivity contribution in [3.8, 4) is 28.3 Å². The second-order valence-electron chi connectivity index (χ2n) is 12.8. The first kappa shape index (κ1) is 29.0. The molecule has 4 heteroatoms. The van der Waals surface area contributed by atoms with E-state index in [-0.39, 0.29) is 0 Å². The Labute approximate surface area is 295 Å². The number of benzene rings is 8. The smallest absolute Gasteiger partial charge is 0.227 e. The van der Waals surface area contributed by atoms with Gasteiger partial charge in [0.05, 0.1) is 22.4 Å². The molecule has 0 aliphatic heterocycles. The van der Waals surface area contributed by atoms with Gasteiger partial charge < -0.3 is 13.9 Å². The van der Waals surface area contributed by atoms with Gasteiger partial charge in [-0.1, -0.05) is 121 Å². The Hall–Kier alpha value is -6.91. The van der Waals surface area contributed by atoms with E-state index in [0.717, 1.165) is 61.2 Å². The first-order chi connectivity index (χ1) is 25.3. The molecule has 0 amide bonds. The number of hydrogen-bond donors (Lipinski definition) is 0. The van der Waals surface area contributed by atoms with Crippen LogP contribution in [0.4, 0.5) is 17.1 Å². The van der Waals surface area contributed by atoms with E-state index in [0.29, 0.717) is 5.89 Å². The Bertz CT molecular complexity index is 2840. The second-order valence-corrected chi connectivity index (χ2v) is 12.8. The molecule has 0 saturated carbocycles. The van der Waals surface area contributed by atoms with Crippen molar-refractivity contribution in [2.45, 2.75) is 0 Å². The van der Waals surface area contributed by atoms with Crippen LogP contribution < -0.4 is 4.90 Å². The number of para-hydroxylation sites is 2. The van der Waals surface area contributed by atoms with Gasteiger partial charge in [-0.2, -0.15) is 0 Å². The molecule has 0 bridgehead atoms. The fraction of sp³-hybridized carbons (Fsp3) is 0. The van der Waals surface area contributed by atoms with E-state index in [1.165, 1.54) is 21.9 Å². The monoisotopic (exact) mass is 653 g/mol. The summed E-state index contributed by atoms with van der Waals surface area (Å²) in [6, 6.07) is 66.2. The largest absolute Gasteiger partial charge is 0.436 e. The fourth-order valence-corrected chi connectivity index (χ4v) is 7.52. The van der Waals surface area contributed by atoms with Crippen LogP contribution in [0.25, 0.3) is 71.9 Å². The summed E-state index contributed by atoms with van der Waals surface area (Å²) in [5, 5.41) is 4.50. The van der Waals surface area contributed by atoms with Gasteiger partial charge in [0.25, 0.3) is 0 Å². The molecule has 240 valence electrons. The molecule has 0 aliphatic carbocycles. The molecule has 2 aromatic heterocycles. The predicted molar refractivity (Wildman–Crippen MR) is 211 cm³/mol. The van der Waals surface area contributed by atoms with Crippen molar-refractivity contribution >= 4 is 60.7 Å². The van der Waals surface area contributed by atoms with Crippen LogP contribution in [-0.4, -0.2) is 9.55 Å². The van der Waals surface area contributed by atoms with Crippen LogP contribution in [0.1, 0.15) is 0 Å². The lowest BCUT2D eigenvalue weighted by Crippen LogP contribution is -2.11. The van der Waals surface area contributed by atoms with Crippen LogP contribution in [0.2, 0.25) is 0 Å². The summed E-state index contributed by atoms with van der Waals surface area (Å²) >= 11 is 0. The lowest BCUT2D eigenvalue weighted by atomic mass is 10.0. The van der Waals surface area contributed by atoms with Crippen molar-refractivity contribution in [3.05, 3.63) is 188 Å². The van der Waals surface area contributed by atoms with Crippen LogP contribution in [0, 0.1) is 0 Å². The lowest BCUT2D eigenvalue weighted by Gasteiger charge is -2.28. The van der Waals surface area contributed by atoms with Crippen LogP contribution in [0.15, 0.2) is 192 Å². The SMILES string of the molecule is c1ccc(-c2ccc(N(c3cccc4ccc5oc(-c6ccccc6)nc5c34)c3cccc4c3c3ccccc3n4-c3ccccc3)cc2)cc1. The van der Waals surface area contributed by atoms with Crippen LogP contribution >= 0.6 is 0 Å². The van der Waals surface area contributed by atoms with E-state index in [4.69, 9.17) is 9.40 Å². The molecular weight excluding hydrogens is 623 g/mol. The Kier molecular flexibility index (Phi) is 6.78.